The van der Waals surface area contributed by atoms with Gasteiger partial charge in [0, 0.05) is 16.8 Å². The molecule has 21 heavy (non-hydrogen) atoms. The van der Waals surface area contributed by atoms with E-state index < -0.39 is 0 Å². The van der Waals surface area contributed by atoms with Crippen LogP contribution in [0.25, 0.3) is 9.88 Å². The van der Waals surface area contributed by atoms with Crippen molar-refractivity contribution in [2.24, 2.45) is 0 Å². The fraction of sp³-hybridized carbons (Fsp3) is 0.200. The lowest BCUT2D eigenvalue weighted by molar-refractivity contribution is 0.0791. The minimum Gasteiger partial charge on any atom is -0.336 e. The number of nitrogens with zero attached hydrogens (tertiary/aromatic N) is 2. The molecule has 108 valence electrons. The monoisotopic (exact) mass is 334 g/mol. The summed E-state index contributed by atoms with van der Waals surface area (Å²) in [5, 5.41) is 2.93. The van der Waals surface area contributed by atoms with Gasteiger partial charge in [0.1, 0.15) is 9.88 Å². The van der Waals surface area contributed by atoms with E-state index in [0.717, 1.165) is 9.88 Å². The molecule has 0 aromatic carbocycles. The van der Waals surface area contributed by atoms with Gasteiger partial charge >= 0.3 is 0 Å². The topological polar surface area (TPSA) is 33.2 Å². The van der Waals surface area contributed by atoms with Crippen LogP contribution in [0.2, 0.25) is 0 Å². The summed E-state index contributed by atoms with van der Waals surface area (Å²) in [6, 6.07) is 8.18. The van der Waals surface area contributed by atoms with Gasteiger partial charge in [-0.1, -0.05) is 6.07 Å². The van der Waals surface area contributed by atoms with E-state index in [0.29, 0.717) is 11.4 Å². The van der Waals surface area contributed by atoms with Crippen molar-refractivity contribution in [3.05, 3.63) is 50.5 Å². The Bertz CT molecular complexity index is 743. The first-order valence-electron chi connectivity index (χ1n) is 6.44. The average molecular weight is 334 g/mol. The summed E-state index contributed by atoms with van der Waals surface area (Å²) in [5.41, 5.74) is 0. The maximum Gasteiger partial charge on any atom is 0.265 e. The number of aromatic nitrogens is 1. The van der Waals surface area contributed by atoms with E-state index in [1.54, 1.807) is 33.8 Å². The van der Waals surface area contributed by atoms with Crippen LogP contribution in [0, 0.1) is 6.92 Å². The highest BCUT2D eigenvalue weighted by Crippen LogP contribution is 2.29. The Morgan fingerprint density at radius 2 is 2.14 bits per heavy atom. The van der Waals surface area contributed by atoms with Crippen LogP contribution < -0.4 is 0 Å². The largest absolute Gasteiger partial charge is 0.336 e. The molecule has 0 aliphatic heterocycles. The SMILES string of the molecule is Cc1ccc(CN(C)C(=O)c2cnc(-c3cccs3)s2)s1. The predicted octanol–water partition coefficient (Wildman–Crippen LogP) is 4.51. The molecule has 3 heterocycles. The summed E-state index contributed by atoms with van der Waals surface area (Å²) >= 11 is 4.82. The Hall–Kier alpha value is -1.50. The molecule has 3 aromatic heterocycles. The number of rotatable bonds is 4. The van der Waals surface area contributed by atoms with Crippen molar-refractivity contribution in [2.75, 3.05) is 7.05 Å². The van der Waals surface area contributed by atoms with Crippen molar-refractivity contribution in [3.8, 4) is 9.88 Å². The molecule has 3 aromatic rings. The molecule has 0 bridgehead atoms. The Morgan fingerprint density at radius 3 is 2.81 bits per heavy atom. The van der Waals surface area contributed by atoms with Gasteiger partial charge in [0.15, 0.2) is 0 Å². The van der Waals surface area contributed by atoms with Gasteiger partial charge in [-0.05, 0) is 30.5 Å². The zero-order chi connectivity index (χ0) is 14.8. The third-order valence-corrected chi connectivity index (χ3v) is 5.99. The minimum atomic E-state index is 0.0290. The van der Waals surface area contributed by atoms with Gasteiger partial charge in [0.05, 0.1) is 17.6 Å². The molecule has 3 rings (SSSR count). The van der Waals surface area contributed by atoms with Crippen LogP contribution in [0.1, 0.15) is 19.4 Å². The van der Waals surface area contributed by atoms with Gasteiger partial charge < -0.3 is 4.90 Å². The van der Waals surface area contributed by atoms with Crippen molar-refractivity contribution in [2.45, 2.75) is 13.5 Å². The van der Waals surface area contributed by atoms with Gasteiger partial charge in [0.25, 0.3) is 5.91 Å². The van der Waals surface area contributed by atoms with E-state index in [-0.39, 0.29) is 5.91 Å². The lowest BCUT2D eigenvalue weighted by Gasteiger charge is -2.14. The number of hydrogen-bond acceptors (Lipinski definition) is 5. The smallest absolute Gasteiger partial charge is 0.265 e. The molecule has 0 unspecified atom stereocenters. The van der Waals surface area contributed by atoms with E-state index in [2.05, 4.69) is 24.0 Å². The summed E-state index contributed by atoms with van der Waals surface area (Å²) in [5.74, 6) is 0.0290. The maximum atomic E-state index is 12.4. The van der Waals surface area contributed by atoms with Crippen LogP contribution in [-0.4, -0.2) is 22.8 Å². The molecule has 1 amide bonds. The second-order valence-electron chi connectivity index (χ2n) is 4.68. The molecule has 0 aliphatic carbocycles. The molecule has 6 heteroatoms. The Balaban J connectivity index is 1.72. The first kappa shape index (κ1) is 14.4. The predicted molar refractivity (Wildman–Crippen MR) is 90.3 cm³/mol. The van der Waals surface area contributed by atoms with Gasteiger partial charge in [-0.2, -0.15) is 0 Å². The standard InChI is InChI=1S/C15H14N2OS3/c1-10-5-6-11(20-10)9-17(2)15(18)13-8-16-14(21-13)12-4-3-7-19-12/h3-8H,9H2,1-2H3. The molecule has 0 atom stereocenters. The second kappa shape index (κ2) is 6.09. The summed E-state index contributed by atoms with van der Waals surface area (Å²) in [6.07, 6.45) is 1.68. The lowest BCUT2D eigenvalue weighted by Crippen LogP contribution is -2.24. The average Bonchev–Trinajstić information content (AvgIpc) is 3.18. The van der Waals surface area contributed by atoms with Gasteiger partial charge in [-0.3, -0.25) is 4.79 Å². The van der Waals surface area contributed by atoms with Crippen LogP contribution in [0.15, 0.2) is 35.8 Å². The quantitative estimate of drug-likeness (QED) is 0.703. The molecule has 0 spiro atoms. The van der Waals surface area contributed by atoms with Gasteiger partial charge in [-0.25, -0.2) is 4.98 Å². The third-order valence-electron chi connectivity index (χ3n) is 2.98. The summed E-state index contributed by atoms with van der Waals surface area (Å²) in [7, 11) is 1.84. The van der Waals surface area contributed by atoms with Crippen molar-refractivity contribution < 1.29 is 4.79 Å². The summed E-state index contributed by atoms with van der Waals surface area (Å²) < 4.78 is 0. The van der Waals surface area contributed by atoms with Crippen molar-refractivity contribution >= 4 is 39.9 Å². The maximum absolute atomic E-state index is 12.4. The van der Waals surface area contributed by atoms with Gasteiger partial charge in [0.2, 0.25) is 0 Å². The zero-order valence-electron chi connectivity index (χ0n) is 11.7. The van der Waals surface area contributed by atoms with Crippen LogP contribution >= 0.6 is 34.0 Å². The van der Waals surface area contributed by atoms with E-state index >= 15 is 0 Å². The highest BCUT2D eigenvalue weighted by molar-refractivity contribution is 7.22. The first-order valence-corrected chi connectivity index (χ1v) is 8.95. The second-order valence-corrected chi connectivity index (χ2v) is 8.03. The van der Waals surface area contributed by atoms with Crippen LogP contribution in [0.5, 0.6) is 0 Å². The van der Waals surface area contributed by atoms with Gasteiger partial charge in [-0.15, -0.1) is 34.0 Å². The summed E-state index contributed by atoms with van der Waals surface area (Å²) in [6.45, 7) is 2.72. The molecule has 0 aliphatic rings. The van der Waals surface area contributed by atoms with Crippen LogP contribution in [0.4, 0.5) is 0 Å². The highest BCUT2D eigenvalue weighted by Gasteiger charge is 2.17. The number of thiophene rings is 2. The third kappa shape index (κ3) is 3.23. The fourth-order valence-corrected chi connectivity index (χ4v) is 4.61. The fourth-order valence-electron chi connectivity index (χ4n) is 1.95. The number of amides is 1. The molecule has 0 saturated heterocycles. The Labute approximate surface area is 135 Å². The molecule has 0 radical (unpaired) electrons. The molecular weight excluding hydrogens is 320 g/mol. The van der Waals surface area contributed by atoms with E-state index in [9.17, 15) is 4.79 Å². The zero-order valence-corrected chi connectivity index (χ0v) is 14.1. The van der Waals surface area contributed by atoms with Crippen molar-refractivity contribution in [1.29, 1.82) is 0 Å². The van der Waals surface area contributed by atoms with Crippen molar-refractivity contribution in [3.63, 3.8) is 0 Å². The molecule has 3 nitrogen and oxygen atoms in total. The number of carbonyl (C=O) groups excluding carboxylic acids is 1. The van der Waals surface area contributed by atoms with Crippen LogP contribution in [0.3, 0.4) is 0 Å². The number of thiazole rings is 1. The molecule has 0 N–H and O–H groups in total. The van der Waals surface area contributed by atoms with E-state index in [4.69, 9.17) is 0 Å². The Morgan fingerprint density at radius 1 is 1.29 bits per heavy atom. The minimum absolute atomic E-state index is 0.0290. The van der Waals surface area contributed by atoms with E-state index in [1.165, 1.54) is 21.1 Å². The van der Waals surface area contributed by atoms with Crippen LogP contribution in [-0.2, 0) is 6.54 Å². The van der Waals surface area contributed by atoms with E-state index in [1.807, 2.05) is 24.6 Å². The molecule has 0 saturated carbocycles. The number of carbonyl (C=O) groups is 1. The molecular formula is C15H14N2OS3. The number of hydrogen-bond donors (Lipinski definition) is 0. The first-order chi connectivity index (χ1) is 10.1. The normalized spacial score (nSPS) is 10.8. The molecule has 0 fully saturated rings. The highest BCUT2D eigenvalue weighted by atomic mass is 32.1. The Kier molecular flexibility index (Phi) is 4.19. The number of aryl methyl sites for hydroxylation is 1. The summed E-state index contributed by atoms with van der Waals surface area (Å²) in [4.78, 5) is 22.8. The van der Waals surface area contributed by atoms with Crippen molar-refractivity contribution in [1.82, 2.24) is 9.88 Å². The lowest BCUT2D eigenvalue weighted by atomic mass is 10.4.